The maximum absolute atomic E-state index is 2.47. The monoisotopic (exact) mass is 840 g/mol. The molecule has 4 heteroatoms. The van der Waals surface area contributed by atoms with Crippen LogP contribution in [-0.4, -0.2) is 0 Å². The highest BCUT2D eigenvalue weighted by atomic mass is 127. The number of anilines is 6. The topological polar surface area (TPSA) is 6.48 Å². The minimum Gasteiger partial charge on any atom is -0.309 e. The van der Waals surface area contributed by atoms with Crippen LogP contribution in [0.5, 0.6) is 0 Å². The van der Waals surface area contributed by atoms with E-state index >= 15 is 0 Å². The van der Waals surface area contributed by atoms with Gasteiger partial charge >= 0.3 is 0 Å². The Kier molecular flexibility index (Phi) is 8.59. The van der Waals surface area contributed by atoms with Gasteiger partial charge in [0.1, 0.15) is 0 Å². The zero-order valence-corrected chi connectivity index (χ0v) is 30.3. The highest BCUT2D eigenvalue weighted by molar-refractivity contribution is 14.1. The van der Waals surface area contributed by atoms with Crippen LogP contribution >= 0.6 is 45.2 Å². The normalized spacial score (nSPS) is 11.1. The minimum absolute atomic E-state index is 1.12. The number of nitrogens with zero attached hydrogens (tertiary/aromatic N) is 2. The van der Waals surface area contributed by atoms with Gasteiger partial charge in [0.05, 0.1) is 11.4 Å². The molecule has 0 radical (unpaired) electrons. The van der Waals surface area contributed by atoms with E-state index in [9.17, 15) is 0 Å². The summed E-state index contributed by atoms with van der Waals surface area (Å²) in [6, 6.07) is 65.3. The Bertz CT molecular complexity index is 2180. The second-order valence-corrected chi connectivity index (χ2v) is 14.0. The fourth-order valence-electron chi connectivity index (χ4n) is 6.49. The number of benzene rings is 8. The van der Waals surface area contributed by atoms with E-state index in [2.05, 4.69) is 237 Å². The second kappa shape index (κ2) is 13.5. The van der Waals surface area contributed by atoms with Crippen molar-refractivity contribution in [1.29, 1.82) is 0 Å². The van der Waals surface area contributed by atoms with Gasteiger partial charge in [-0.25, -0.2) is 0 Å². The van der Waals surface area contributed by atoms with Gasteiger partial charge in [-0.3, -0.25) is 0 Å². The smallest absolute Gasteiger partial charge is 0.0673 e. The first-order chi connectivity index (χ1) is 23.7. The summed E-state index contributed by atoms with van der Waals surface area (Å²) in [4.78, 5) is 4.75. The Balaban J connectivity index is 1.18. The largest absolute Gasteiger partial charge is 0.309 e. The molecule has 0 unspecified atom stereocenters. The fourth-order valence-corrected chi connectivity index (χ4v) is 7.91. The van der Waals surface area contributed by atoms with E-state index < -0.39 is 0 Å². The predicted molar refractivity (Wildman–Crippen MR) is 222 cm³/mol. The van der Waals surface area contributed by atoms with Gasteiger partial charge in [0.25, 0.3) is 0 Å². The Morgan fingerprint density at radius 3 is 1.02 bits per heavy atom. The molecule has 8 aromatic rings. The molecule has 0 bridgehead atoms. The quantitative estimate of drug-likeness (QED) is 0.148. The Labute approximate surface area is 308 Å². The van der Waals surface area contributed by atoms with Crippen molar-refractivity contribution >= 4 is 101 Å². The van der Waals surface area contributed by atoms with Crippen LogP contribution in [0.3, 0.4) is 0 Å². The minimum atomic E-state index is 1.12. The van der Waals surface area contributed by atoms with E-state index in [1.165, 1.54) is 51.2 Å². The Morgan fingerprint density at radius 2 is 0.625 bits per heavy atom. The number of fused-ring (bicyclic) bond motifs is 2. The number of rotatable bonds is 7. The molecule has 0 fully saturated rings. The van der Waals surface area contributed by atoms with Crippen LogP contribution in [0.1, 0.15) is 0 Å². The van der Waals surface area contributed by atoms with Crippen LogP contribution in [0.15, 0.2) is 182 Å². The summed E-state index contributed by atoms with van der Waals surface area (Å²) < 4.78 is 2.41. The van der Waals surface area contributed by atoms with Crippen LogP contribution in [0.4, 0.5) is 34.1 Å². The van der Waals surface area contributed by atoms with Crippen molar-refractivity contribution in [2.75, 3.05) is 9.80 Å². The highest BCUT2D eigenvalue weighted by Crippen LogP contribution is 2.44. The van der Waals surface area contributed by atoms with Crippen molar-refractivity contribution in [3.05, 3.63) is 189 Å². The number of hydrogen-bond acceptors (Lipinski definition) is 2. The molecule has 0 spiro atoms. The Hall–Kier alpha value is -4.66. The molecule has 0 N–H and O–H groups in total. The second-order valence-electron chi connectivity index (χ2n) is 11.7. The molecule has 8 aromatic carbocycles. The van der Waals surface area contributed by atoms with Crippen LogP contribution < -0.4 is 9.80 Å². The van der Waals surface area contributed by atoms with E-state index in [0.29, 0.717) is 0 Å². The van der Waals surface area contributed by atoms with Crippen molar-refractivity contribution in [1.82, 2.24) is 0 Å². The average Bonchev–Trinajstić information content (AvgIpc) is 3.15. The summed E-state index contributed by atoms with van der Waals surface area (Å²) in [5.41, 5.74) is 9.25. The zero-order chi connectivity index (χ0) is 32.5. The summed E-state index contributed by atoms with van der Waals surface area (Å²) >= 11 is 4.94. The molecule has 0 aliphatic rings. The van der Waals surface area contributed by atoms with Crippen LogP contribution in [0, 0.1) is 7.14 Å². The molecule has 0 amide bonds. The molecule has 0 aliphatic carbocycles. The Morgan fingerprint density at radius 1 is 0.292 bits per heavy atom. The van der Waals surface area contributed by atoms with Gasteiger partial charge in [-0.05, 0) is 128 Å². The van der Waals surface area contributed by atoms with Gasteiger partial charge in [0.15, 0.2) is 0 Å². The van der Waals surface area contributed by atoms with E-state index in [-0.39, 0.29) is 0 Å². The highest BCUT2D eigenvalue weighted by Gasteiger charge is 2.20. The molecular weight excluding hydrogens is 810 g/mol. The van der Waals surface area contributed by atoms with Crippen LogP contribution in [0.25, 0.3) is 32.7 Å². The number of para-hydroxylation sites is 2. The van der Waals surface area contributed by atoms with Gasteiger partial charge in [-0.1, -0.05) is 121 Å². The van der Waals surface area contributed by atoms with Gasteiger partial charge in [-0.2, -0.15) is 0 Å². The molecule has 0 heterocycles. The van der Waals surface area contributed by atoms with Gasteiger partial charge in [0.2, 0.25) is 0 Å². The van der Waals surface area contributed by atoms with Gasteiger partial charge < -0.3 is 9.80 Å². The average molecular weight is 841 g/mol. The maximum Gasteiger partial charge on any atom is 0.0673 e. The maximum atomic E-state index is 2.47. The molecule has 8 rings (SSSR count). The molecule has 0 aromatic heterocycles. The first-order valence-corrected chi connectivity index (χ1v) is 18.1. The third-order valence-corrected chi connectivity index (χ3v) is 10.5. The van der Waals surface area contributed by atoms with E-state index in [0.717, 1.165) is 22.7 Å². The molecule has 0 saturated heterocycles. The molecule has 0 saturated carbocycles. The van der Waals surface area contributed by atoms with Crippen LogP contribution in [0.2, 0.25) is 0 Å². The van der Waals surface area contributed by atoms with Crippen LogP contribution in [-0.2, 0) is 0 Å². The molecule has 0 atom stereocenters. The predicted octanol–water partition coefficient (Wildman–Crippen LogP) is 13.8. The lowest BCUT2D eigenvalue weighted by Crippen LogP contribution is -2.12. The molecule has 2 nitrogen and oxygen atoms in total. The first-order valence-electron chi connectivity index (χ1n) is 15.9. The summed E-state index contributed by atoms with van der Waals surface area (Å²) in [6.45, 7) is 0. The lowest BCUT2D eigenvalue weighted by atomic mass is 10.0. The summed E-state index contributed by atoms with van der Waals surface area (Å²) in [7, 11) is 0. The summed E-state index contributed by atoms with van der Waals surface area (Å²) in [5, 5.41) is 4.93. The lowest BCUT2D eigenvalue weighted by Gasteiger charge is -2.28. The van der Waals surface area contributed by atoms with Crippen molar-refractivity contribution in [2.24, 2.45) is 0 Å². The zero-order valence-electron chi connectivity index (χ0n) is 26.0. The third-order valence-electron chi connectivity index (χ3n) is 8.76. The summed E-state index contributed by atoms with van der Waals surface area (Å²) in [6.07, 6.45) is 0. The SMILES string of the molecule is Ic1ccc2ccccc2c1N(c1ccccc1)c1ccc(-c2ccc(N(c3ccccc3)c3c(I)ccc4ccccc34)cc2)cc1. The molecule has 0 aliphatic heterocycles. The van der Waals surface area contributed by atoms with E-state index in [1.807, 2.05) is 0 Å². The fraction of sp³-hybridized carbons (Fsp3) is 0. The third kappa shape index (κ3) is 5.84. The van der Waals surface area contributed by atoms with Crippen molar-refractivity contribution in [3.63, 3.8) is 0 Å². The number of hydrogen-bond donors (Lipinski definition) is 0. The first kappa shape index (κ1) is 30.7. The van der Waals surface area contributed by atoms with E-state index in [4.69, 9.17) is 0 Å². The van der Waals surface area contributed by atoms with E-state index in [1.54, 1.807) is 0 Å². The lowest BCUT2D eigenvalue weighted by molar-refractivity contribution is 1.28. The van der Waals surface area contributed by atoms with Crippen molar-refractivity contribution in [3.8, 4) is 11.1 Å². The summed E-state index contributed by atoms with van der Waals surface area (Å²) in [5.74, 6) is 0. The van der Waals surface area contributed by atoms with Crippen molar-refractivity contribution in [2.45, 2.75) is 0 Å². The molecule has 230 valence electrons. The molecular formula is C44H30I2N2. The molecule has 48 heavy (non-hydrogen) atoms. The van der Waals surface area contributed by atoms with Crippen molar-refractivity contribution < 1.29 is 0 Å². The van der Waals surface area contributed by atoms with Gasteiger partial charge in [-0.15, -0.1) is 0 Å². The standard InChI is InChI=1S/C44H30I2N2/c45-41-29-23-33-11-7-9-17-39(33)43(41)47(35-13-3-1-4-14-35)37-25-19-31(20-26-37)32-21-27-38(28-22-32)48(36-15-5-2-6-16-36)44-40-18-10-8-12-34(40)24-30-42(44)46/h1-30H. The van der Waals surface area contributed by atoms with Gasteiger partial charge in [0, 0.05) is 40.7 Å². The number of halogens is 2.